The second-order valence-corrected chi connectivity index (χ2v) is 4.97. The van der Waals surface area contributed by atoms with Gasteiger partial charge in [-0.1, -0.05) is 0 Å². The van der Waals surface area contributed by atoms with E-state index in [1.807, 2.05) is 7.05 Å². The molecule has 2 nitrogen and oxygen atoms in total. The average Bonchev–Trinajstić information content (AvgIpc) is 1.86. The van der Waals surface area contributed by atoms with Crippen molar-refractivity contribution in [2.45, 2.75) is 19.1 Å². The van der Waals surface area contributed by atoms with Crippen LogP contribution in [0, 0.1) is 0 Å². The fourth-order valence-electron chi connectivity index (χ4n) is 0.386. The van der Waals surface area contributed by atoms with Crippen molar-refractivity contribution in [1.82, 2.24) is 5.32 Å². The van der Waals surface area contributed by atoms with Gasteiger partial charge in [-0.15, -0.1) is 0 Å². The van der Waals surface area contributed by atoms with Gasteiger partial charge in [0.2, 0.25) is 0 Å². The zero-order valence-electron chi connectivity index (χ0n) is 6.86. The molecule has 0 aromatic heterocycles. The van der Waals surface area contributed by atoms with E-state index in [-0.39, 0.29) is 13.4 Å². The van der Waals surface area contributed by atoms with E-state index in [2.05, 4.69) is 25.8 Å². The molecule has 0 saturated heterocycles. The largest absolute Gasteiger partial charge is 0.361 e. The third-order valence-electron chi connectivity index (χ3n) is 1.67. The molecule has 0 heterocycles. The summed E-state index contributed by atoms with van der Waals surface area (Å²) in [7, 11) is 3.38. The molecule has 0 aliphatic carbocycles. The van der Waals surface area contributed by atoms with Crippen molar-refractivity contribution in [3.05, 3.63) is 0 Å². The predicted molar refractivity (Wildman–Crippen MR) is 43.0 cm³/mol. The first-order valence-electron chi connectivity index (χ1n) is 3.01. The van der Waals surface area contributed by atoms with Gasteiger partial charge in [0.05, 0.1) is 5.28 Å². The fourth-order valence-corrected chi connectivity index (χ4v) is 1.16. The highest BCUT2D eigenvalue weighted by Crippen LogP contribution is 2.43. The molecule has 9 heavy (non-hydrogen) atoms. The minimum Gasteiger partial charge on any atom is -0.361 e. The summed E-state index contributed by atoms with van der Waals surface area (Å²) in [5.41, 5.74) is 0. The van der Waals surface area contributed by atoms with Crippen LogP contribution in [-0.4, -0.2) is 26.1 Å². The minimum atomic E-state index is -0.333. The van der Waals surface area contributed by atoms with Gasteiger partial charge in [-0.05, 0) is 27.6 Å². The SMILES string of the molecule is CNC(C)(C)P(C)OC. The van der Waals surface area contributed by atoms with E-state index in [9.17, 15) is 0 Å². The maximum absolute atomic E-state index is 5.21. The summed E-state index contributed by atoms with van der Waals surface area (Å²) in [5, 5.41) is 3.34. The predicted octanol–water partition coefficient (Wildman–Crippen LogP) is 1.61. The third kappa shape index (κ3) is 2.61. The summed E-state index contributed by atoms with van der Waals surface area (Å²) < 4.78 is 5.21. The van der Waals surface area contributed by atoms with Crippen molar-refractivity contribution in [2.24, 2.45) is 0 Å². The lowest BCUT2D eigenvalue weighted by Gasteiger charge is -2.29. The van der Waals surface area contributed by atoms with Crippen LogP contribution in [0.1, 0.15) is 13.8 Å². The highest BCUT2D eigenvalue weighted by Gasteiger charge is 2.22. The van der Waals surface area contributed by atoms with Gasteiger partial charge in [0.1, 0.15) is 0 Å². The second-order valence-electron chi connectivity index (χ2n) is 2.49. The maximum Gasteiger partial charge on any atom is 0.0567 e. The Balaban J connectivity index is 3.80. The standard InChI is InChI=1S/C6H16NOP/c1-6(2,7-3)9(5)8-4/h7H,1-5H3. The summed E-state index contributed by atoms with van der Waals surface area (Å²) in [5.74, 6) is 0. The van der Waals surface area contributed by atoms with Crippen LogP contribution in [0.2, 0.25) is 0 Å². The zero-order chi connectivity index (χ0) is 7.49. The molecule has 0 amide bonds. The molecule has 1 N–H and O–H groups in total. The molecule has 0 fully saturated rings. The Bertz CT molecular complexity index is 85.1. The molecule has 0 aliphatic rings. The van der Waals surface area contributed by atoms with E-state index in [1.165, 1.54) is 0 Å². The highest BCUT2D eigenvalue weighted by atomic mass is 31.1. The Morgan fingerprint density at radius 2 is 1.89 bits per heavy atom. The monoisotopic (exact) mass is 149 g/mol. The van der Waals surface area contributed by atoms with Crippen LogP contribution in [0.4, 0.5) is 0 Å². The van der Waals surface area contributed by atoms with E-state index in [4.69, 9.17) is 4.52 Å². The summed E-state index contributed by atoms with van der Waals surface area (Å²) in [4.78, 5) is 0. The lowest BCUT2D eigenvalue weighted by atomic mass is 10.4. The van der Waals surface area contributed by atoms with Crippen molar-refractivity contribution in [3.63, 3.8) is 0 Å². The van der Waals surface area contributed by atoms with Crippen molar-refractivity contribution in [2.75, 3.05) is 20.8 Å². The third-order valence-corrected chi connectivity index (χ3v) is 4.02. The van der Waals surface area contributed by atoms with Gasteiger partial charge < -0.3 is 9.84 Å². The maximum atomic E-state index is 5.21. The van der Waals surface area contributed by atoms with E-state index >= 15 is 0 Å². The van der Waals surface area contributed by atoms with Crippen LogP contribution in [0.25, 0.3) is 0 Å². The molecule has 0 saturated carbocycles. The first-order chi connectivity index (χ1) is 4.04. The quantitative estimate of drug-likeness (QED) is 0.615. The molecule has 0 bridgehead atoms. The van der Waals surface area contributed by atoms with Gasteiger partial charge >= 0.3 is 0 Å². The van der Waals surface area contributed by atoms with Crippen LogP contribution in [-0.2, 0) is 4.52 Å². The van der Waals surface area contributed by atoms with Gasteiger partial charge in [0, 0.05) is 15.3 Å². The summed E-state index contributed by atoms with van der Waals surface area (Å²) in [6, 6.07) is 0. The van der Waals surface area contributed by atoms with Gasteiger partial charge in [-0.2, -0.15) is 0 Å². The molecule has 0 spiro atoms. The van der Waals surface area contributed by atoms with Crippen molar-refractivity contribution < 1.29 is 4.52 Å². The Labute approximate surface area is 58.8 Å². The van der Waals surface area contributed by atoms with Gasteiger partial charge in [0.25, 0.3) is 0 Å². The Kier molecular flexibility index (Phi) is 3.64. The molecular formula is C6H16NOP. The molecule has 1 unspecified atom stereocenters. The van der Waals surface area contributed by atoms with Gasteiger partial charge in [0.15, 0.2) is 0 Å². The molecule has 0 aromatic carbocycles. The minimum absolute atomic E-state index is 0.143. The van der Waals surface area contributed by atoms with Gasteiger partial charge in [-0.3, -0.25) is 0 Å². The normalized spacial score (nSPS) is 15.7. The molecule has 0 aromatic rings. The van der Waals surface area contributed by atoms with Crippen molar-refractivity contribution in [1.29, 1.82) is 0 Å². The lowest BCUT2D eigenvalue weighted by molar-refractivity contribution is 0.426. The lowest BCUT2D eigenvalue weighted by Crippen LogP contribution is -2.33. The molecule has 0 radical (unpaired) electrons. The first kappa shape index (κ1) is 9.35. The Morgan fingerprint density at radius 1 is 1.44 bits per heavy atom. The molecule has 0 rings (SSSR count). The van der Waals surface area contributed by atoms with Crippen molar-refractivity contribution >= 4 is 8.15 Å². The summed E-state index contributed by atoms with van der Waals surface area (Å²) in [6.07, 6.45) is 0. The zero-order valence-corrected chi connectivity index (χ0v) is 7.75. The van der Waals surface area contributed by atoms with Crippen LogP contribution in [0.5, 0.6) is 0 Å². The van der Waals surface area contributed by atoms with Crippen LogP contribution >= 0.6 is 8.15 Å². The Hall–Kier alpha value is 0.350. The van der Waals surface area contributed by atoms with Gasteiger partial charge in [-0.25, -0.2) is 0 Å². The fraction of sp³-hybridized carbons (Fsp3) is 1.00. The van der Waals surface area contributed by atoms with E-state index in [0.29, 0.717) is 0 Å². The summed E-state index contributed by atoms with van der Waals surface area (Å²) in [6.45, 7) is 6.40. The average molecular weight is 149 g/mol. The second kappa shape index (κ2) is 3.50. The van der Waals surface area contributed by atoms with Crippen LogP contribution in [0.15, 0.2) is 0 Å². The smallest absolute Gasteiger partial charge is 0.0567 e. The highest BCUT2D eigenvalue weighted by molar-refractivity contribution is 7.53. The van der Waals surface area contributed by atoms with Crippen LogP contribution in [0.3, 0.4) is 0 Å². The van der Waals surface area contributed by atoms with E-state index in [0.717, 1.165) is 0 Å². The molecule has 56 valence electrons. The molecule has 1 atom stereocenters. The van der Waals surface area contributed by atoms with Crippen molar-refractivity contribution in [3.8, 4) is 0 Å². The molecule has 0 aliphatic heterocycles. The topological polar surface area (TPSA) is 21.3 Å². The number of rotatable bonds is 3. The van der Waals surface area contributed by atoms with Crippen LogP contribution < -0.4 is 5.32 Å². The first-order valence-corrected chi connectivity index (χ1v) is 4.72. The molecule has 3 heteroatoms. The number of nitrogens with one attached hydrogen (secondary N) is 1. The van der Waals surface area contributed by atoms with E-state index in [1.54, 1.807) is 7.11 Å². The molecular weight excluding hydrogens is 133 g/mol. The number of hydrogen-bond donors (Lipinski definition) is 1. The van der Waals surface area contributed by atoms with E-state index < -0.39 is 0 Å². The Morgan fingerprint density at radius 3 is 2.00 bits per heavy atom. The number of hydrogen-bond acceptors (Lipinski definition) is 2. The summed E-state index contributed by atoms with van der Waals surface area (Å²) >= 11 is 0.